The monoisotopic (exact) mass is 280 g/mol. The molecule has 1 fully saturated rings. The number of hydrogen-bond acceptors (Lipinski definition) is 3. The number of thiocarbonyl (C=S) groups is 1. The highest BCUT2D eigenvalue weighted by Crippen LogP contribution is 2.38. The van der Waals surface area contributed by atoms with E-state index < -0.39 is 0 Å². The van der Waals surface area contributed by atoms with Crippen molar-refractivity contribution in [2.75, 3.05) is 27.8 Å². The average Bonchev–Trinajstić information content (AvgIpc) is 2.94. The van der Waals surface area contributed by atoms with Gasteiger partial charge in [-0.1, -0.05) is 0 Å². The number of methoxy groups -OCH3 is 2. The van der Waals surface area contributed by atoms with Gasteiger partial charge in [-0.05, 0) is 43.3 Å². The van der Waals surface area contributed by atoms with Gasteiger partial charge in [0.25, 0.3) is 0 Å². The van der Waals surface area contributed by atoms with Crippen molar-refractivity contribution in [2.45, 2.75) is 18.9 Å². The third-order valence-corrected chi connectivity index (χ3v) is 3.96. The van der Waals surface area contributed by atoms with Crippen LogP contribution in [-0.2, 0) is 0 Å². The average molecular weight is 280 g/mol. The number of ether oxygens (including phenoxy) is 2. The van der Waals surface area contributed by atoms with Crippen molar-refractivity contribution in [3.8, 4) is 11.5 Å². The minimum absolute atomic E-state index is 0.255. The van der Waals surface area contributed by atoms with Crippen molar-refractivity contribution in [1.29, 1.82) is 0 Å². The van der Waals surface area contributed by atoms with Crippen LogP contribution in [-0.4, -0.2) is 37.8 Å². The molecule has 2 rings (SSSR count). The highest BCUT2D eigenvalue weighted by atomic mass is 32.1. The van der Waals surface area contributed by atoms with E-state index in [0.29, 0.717) is 0 Å². The zero-order valence-electron chi connectivity index (χ0n) is 11.6. The molecule has 1 aromatic rings. The number of nitrogens with zero attached hydrogens (tertiary/aromatic N) is 1. The highest BCUT2D eigenvalue weighted by molar-refractivity contribution is 7.80. The maximum atomic E-state index is 5.47. The van der Waals surface area contributed by atoms with E-state index in [1.807, 2.05) is 25.2 Å². The quantitative estimate of drug-likeness (QED) is 0.860. The third-order valence-electron chi connectivity index (χ3n) is 3.52. The summed E-state index contributed by atoms with van der Waals surface area (Å²) in [4.78, 5) is 2.21. The fourth-order valence-electron chi connectivity index (χ4n) is 2.58. The van der Waals surface area contributed by atoms with Gasteiger partial charge < -0.3 is 19.7 Å². The Balaban J connectivity index is 2.36. The van der Waals surface area contributed by atoms with Crippen molar-refractivity contribution in [1.82, 2.24) is 10.2 Å². The van der Waals surface area contributed by atoms with Crippen molar-refractivity contribution in [3.05, 3.63) is 23.8 Å². The molecule has 0 amide bonds. The van der Waals surface area contributed by atoms with Gasteiger partial charge >= 0.3 is 0 Å². The summed E-state index contributed by atoms with van der Waals surface area (Å²) in [7, 11) is 5.23. The second-order valence-electron chi connectivity index (χ2n) is 4.51. The first-order chi connectivity index (χ1) is 9.21. The Kier molecular flexibility index (Phi) is 4.47. The van der Waals surface area contributed by atoms with Crippen molar-refractivity contribution >= 4 is 17.3 Å². The van der Waals surface area contributed by atoms with Crippen LogP contribution in [0.5, 0.6) is 11.5 Å². The van der Waals surface area contributed by atoms with Gasteiger partial charge in [-0.2, -0.15) is 0 Å². The van der Waals surface area contributed by atoms with Gasteiger partial charge in [0.2, 0.25) is 0 Å². The molecular weight excluding hydrogens is 260 g/mol. The van der Waals surface area contributed by atoms with Crippen molar-refractivity contribution in [2.24, 2.45) is 0 Å². The van der Waals surface area contributed by atoms with Crippen LogP contribution >= 0.6 is 12.2 Å². The smallest absolute Gasteiger partial charge is 0.169 e. The number of rotatable bonds is 3. The Hall–Kier alpha value is -1.49. The van der Waals surface area contributed by atoms with Crippen LogP contribution in [0, 0.1) is 0 Å². The third kappa shape index (κ3) is 2.76. The number of benzene rings is 1. The Bertz CT molecular complexity index is 465. The van der Waals surface area contributed by atoms with Gasteiger partial charge in [0.1, 0.15) is 11.5 Å². The van der Waals surface area contributed by atoms with Crippen LogP contribution in [0.4, 0.5) is 0 Å². The molecule has 1 atom stereocenters. The molecule has 19 heavy (non-hydrogen) atoms. The SMILES string of the molecule is CNC(=S)N1CCC[C@@H]1c1cc(OC)ccc1OC. The highest BCUT2D eigenvalue weighted by Gasteiger charge is 2.30. The molecule has 0 aliphatic carbocycles. The Morgan fingerprint density at radius 2 is 2.16 bits per heavy atom. The molecule has 0 saturated carbocycles. The van der Waals surface area contributed by atoms with E-state index >= 15 is 0 Å². The first-order valence-corrected chi connectivity index (χ1v) is 6.82. The topological polar surface area (TPSA) is 33.7 Å². The van der Waals surface area contributed by atoms with Crippen LogP contribution in [0.25, 0.3) is 0 Å². The van der Waals surface area contributed by atoms with Crippen LogP contribution < -0.4 is 14.8 Å². The first-order valence-electron chi connectivity index (χ1n) is 6.41. The van der Waals surface area contributed by atoms with Crippen LogP contribution in [0.1, 0.15) is 24.4 Å². The maximum Gasteiger partial charge on any atom is 0.169 e. The fourth-order valence-corrected chi connectivity index (χ4v) is 2.80. The van der Waals surface area contributed by atoms with E-state index in [9.17, 15) is 0 Å². The van der Waals surface area contributed by atoms with E-state index in [2.05, 4.69) is 10.2 Å². The predicted molar refractivity (Wildman–Crippen MR) is 79.9 cm³/mol. The molecule has 0 spiro atoms. The molecule has 4 nitrogen and oxygen atoms in total. The molecule has 1 N–H and O–H groups in total. The Morgan fingerprint density at radius 3 is 2.79 bits per heavy atom. The summed E-state index contributed by atoms with van der Waals surface area (Å²) in [5.74, 6) is 1.73. The number of likely N-dealkylation sites (tertiary alicyclic amines) is 1. The summed E-state index contributed by atoms with van der Waals surface area (Å²) in [6.45, 7) is 0.977. The van der Waals surface area contributed by atoms with E-state index in [1.54, 1.807) is 14.2 Å². The second kappa shape index (κ2) is 6.10. The second-order valence-corrected chi connectivity index (χ2v) is 4.90. The molecular formula is C14H20N2O2S. The van der Waals surface area contributed by atoms with Crippen LogP contribution in [0.3, 0.4) is 0 Å². The lowest BCUT2D eigenvalue weighted by Crippen LogP contribution is -2.37. The fraction of sp³-hybridized carbons (Fsp3) is 0.500. The molecule has 1 heterocycles. The van der Waals surface area contributed by atoms with Gasteiger partial charge in [0, 0.05) is 19.2 Å². The van der Waals surface area contributed by atoms with Crippen molar-refractivity contribution < 1.29 is 9.47 Å². The van der Waals surface area contributed by atoms with E-state index in [1.165, 1.54) is 0 Å². The standard InChI is InChI=1S/C14H20N2O2S/c1-15-14(19)16-8-4-5-12(16)11-9-10(17-2)6-7-13(11)18-3/h6-7,9,12H,4-5,8H2,1-3H3,(H,15,19)/t12-/m1/s1. The number of nitrogens with one attached hydrogen (secondary N) is 1. The zero-order valence-corrected chi connectivity index (χ0v) is 12.4. The maximum absolute atomic E-state index is 5.47. The summed E-state index contributed by atoms with van der Waals surface area (Å²) in [6, 6.07) is 6.16. The molecule has 1 aliphatic heterocycles. The summed E-state index contributed by atoms with van der Waals surface area (Å²) in [5, 5.41) is 3.84. The molecule has 1 saturated heterocycles. The first kappa shape index (κ1) is 13.9. The molecule has 5 heteroatoms. The summed E-state index contributed by atoms with van der Waals surface area (Å²) in [6.07, 6.45) is 2.21. The van der Waals surface area contributed by atoms with Gasteiger partial charge in [-0.25, -0.2) is 0 Å². The van der Waals surface area contributed by atoms with E-state index in [0.717, 1.165) is 41.6 Å². The zero-order chi connectivity index (χ0) is 13.8. The normalized spacial score (nSPS) is 18.3. The molecule has 1 aliphatic rings. The summed E-state index contributed by atoms with van der Waals surface area (Å²) < 4.78 is 10.8. The molecule has 1 aromatic carbocycles. The molecule has 0 radical (unpaired) electrons. The minimum atomic E-state index is 0.255. The van der Waals surface area contributed by atoms with Crippen LogP contribution in [0.2, 0.25) is 0 Å². The lowest BCUT2D eigenvalue weighted by molar-refractivity contribution is 0.358. The lowest BCUT2D eigenvalue weighted by atomic mass is 10.0. The van der Waals surface area contributed by atoms with Gasteiger partial charge in [-0.3, -0.25) is 0 Å². The Morgan fingerprint density at radius 1 is 1.37 bits per heavy atom. The largest absolute Gasteiger partial charge is 0.497 e. The van der Waals surface area contributed by atoms with Gasteiger partial charge in [0.05, 0.1) is 20.3 Å². The number of hydrogen-bond donors (Lipinski definition) is 1. The lowest BCUT2D eigenvalue weighted by Gasteiger charge is -2.28. The van der Waals surface area contributed by atoms with Crippen LogP contribution in [0.15, 0.2) is 18.2 Å². The van der Waals surface area contributed by atoms with E-state index in [4.69, 9.17) is 21.7 Å². The molecule has 0 bridgehead atoms. The Labute approximate surface area is 119 Å². The molecule has 0 unspecified atom stereocenters. The summed E-state index contributed by atoms with van der Waals surface area (Å²) in [5.41, 5.74) is 1.14. The van der Waals surface area contributed by atoms with Gasteiger partial charge in [-0.15, -0.1) is 0 Å². The predicted octanol–water partition coefficient (Wildman–Crippen LogP) is 2.35. The minimum Gasteiger partial charge on any atom is -0.497 e. The molecule has 0 aromatic heterocycles. The van der Waals surface area contributed by atoms with Crippen molar-refractivity contribution in [3.63, 3.8) is 0 Å². The van der Waals surface area contributed by atoms with E-state index in [-0.39, 0.29) is 6.04 Å². The van der Waals surface area contributed by atoms with Gasteiger partial charge in [0.15, 0.2) is 5.11 Å². The summed E-state index contributed by atoms with van der Waals surface area (Å²) >= 11 is 5.38. The molecule has 104 valence electrons.